The molecule has 1 aromatic carbocycles. The summed E-state index contributed by atoms with van der Waals surface area (Å²) in [6.07, 6.45) is 4.45. The predicted octanol–water partition coefficient (Wildman–Crippen LogP) is 3.52. The van der Waals surface area contributed by atoms with Crippen LogP contribution < -0.4 is 0 Å². The minimum absolute atomic E-state index is 0.525. The fourth-order valence-electron chi connectivity index (χ4n) is 2.79. The van der Waals surface area contributed by atoms with Gasteiger partial charge in [0.1, 0.15) is 5.54 Å². The van der Waals surface area contributed by atoms with Crippen molar-refractivity contribution in [2.75, 3.05) is 13.1 Å². The lowest BCUT2D eigenvalue weighted by atomic mass is 9.89. The number of halogens is 1. The van der Waals surface area contributed by atoms with E-state index in [1.54, 1.807) is 13.0 Å². The topological polar surface area (TPSA) is 40.5 Å². The molecule has 0 amide bonds. The Morgan fingerprint density at radius 2 is 1.79 bits per heavy atom. The quantitative estimate of drug-likeness (QED) is 0.922. The van der Waals surface area contributed by atoms with Gasteiger partial charge in [0.05, 0.1) is 0 Å². The van der Waals surface area contributed by atoms with Crippen molar-refractivity contribution in [3.05, 3.63) is 34.9 Å². The van der Waals surface area contributed by atoms with Crippen LogP contribution in [0.2, 0.25) is 5.02 Å². The highest BCUT2D eigenvalue weighted by atomic mass is 35.5. The van der Waals surface area contributed by atoms with Crippen LogP contribution in [0.5, 0.6) is 0 Å². The third kappa shape index (κ3) is 2.77. The van der Waals surface area contributed by atoms with Gasteiger partial charge in [0, 0.05) is 10.6 Å². The Balaban J connectivity index is 2.42. The molecule has 0 aromatic heterocycles. The molecular weight excluding hydrogens is 262 g/mol. The Hall–Kier alpha value is -1.06. The van der Waals surface area contributed by atoms with E-state index in [0.29, 0.717) is 10.6 Å². The Bertz CT molecular complexity index is 455. The van der Waals surface area contributed by atoms with Gasteiger partial charge in [0.25, 0.3) is 0 Å². The van der Waals surface area contributed by atoms with Gasteiger partial charge in [-0.1, -0.05) is 42.6 Å². The molecule has 1 aromatic rings. The normalized spacial score (nSPS) is 20.5. The summed E-state index contributed by atoms with van der Waals surface area (Å²) >= 11 is 6.22. The average Bonchev–Trinajstić information content (AvgIpc) is 2.67. The first kappa shape index (κ1) is 14.4. The molecule has 0 aliphatic carbocycles. The van der Waals surface area contributed by atoms with Gasteiger partial charge in [-0.15, -0.1) is 0 Å². The predicted molar refractivity (Wildman–Crippen MR) is 76.5 cm³/mol. The van der Waals surface area contributed by atoms with Crippen molar-refractivity contribution in [3.8, 4) is 0 Å². The van der Waals surface area contributed by atoms with E-state index in [2.05, 4.69) is 4.90 Å². The number of rotatable bonds is 3. The summed E-state index contributed by atoms with van der Waals surface area (Å²) in [5.41, 5.74) is -0.353. The van der Waals surface area contributed by atoms with E-state index in [1.807, 2.05) is 18.2 Å². The molecule has 1 N–H and O–H groups in total. The molecular formula is C15H20ClNO2. The number of nitrogens with zero attached hydrogens (tertiary/aromatic N) is 1. The molecule has 0 bridgehead atoms. The minimum Gasteiger partial charge on any atom is -0.480 e. The third-order valence-electron chi connectivity index (χ3n) is 4.05. The van der Waals surface area contributed by atoms with E-state index < -0.39 is 11.5 Å². The summed E-state index contributed by atoms with van der Waals surface area (Å²) in [5, 5.41) is 10.3. The number of carbonyl (C=O) groups is 1. The van der Waals surface area contributed by atoms with Crippen LogP contribution in [-0.4, -0.2) is 29.1 Å². The molecule has 0 saturated carbocycles. The summed E-state index contributed by atoms with van der Waals surface area (Å²) < 4.78 is 0. The van der Waals surface area contributed by atoms with Gasteiger partial charge < -0.3 is 5.11 Å². The Labute approximate surface area is 119 Å². The number of benzene rings is 1. The van der Waals surface area contributed by atoms with E-state index in [9.17, 15) is 9.90 Å². The Kier molecular flexibility index (Phi) is 4.48. The first-order valence-corrected chi connectivity index (χ1v) is 7.18. The molecule has 104 valence electrons. The van der Waals surface area contributed by atoms with Crippen molar-refractivity contribution in [3.63, 3.8) is 0 Å². The Morgan fingerprint density at radius 1 is 1.21 bits per heavy atom. The SMILES string of the molecule is CC(C(=O)O)(c1ccccc1Cl)N1CCCCCC1. The summed E-state index contributed by atoms with van der Waals surface area (Å²) in [6, 6.07) is 7.26. The minimum atomic E-state index is -1.04. The lowest BCUT2D eigenvalue weighted by molar-refractivity contribution is -0.151. The first-order chi connectivity index (χ1) is 9.06. The molecule has 1 fully saturated rings. The van der Waals surface area contributed by atoms with Gasteiger partial charge in [0.15, 0.2) is 0 Å². The molecule has 1 aliphatic rings. The molecule has 0 spiro atoms. The van der Waals surface area contributed by atoms with Gasteiger partial charge >= 0.3 is 5.97 Å². The van der Waals surface area contributed by atoms with Crippen molar-refractivity contribution >= 4 is 17.6 Å². The molecule has 4 heteroatoms. The summed E-state index contributed by atoms with van der Waals surface area (Å²) in [5.74, 6) is -0.831. The maximum absolute atomic E-state index is 11.9. The van der Waals surface area contributed by atoms with Crippen molar-refractivity contribution in [2.24, 2.45) is 0 Å². The van der Waals surface area contributed by atoms with Gasteiger partial charge in [0.2, 0.25) is 0 Å². The van der Waals surface area contributed by atoms with Gasteiger partial charge in [-0.3, -0.25) is 4.90 Å². The maximum atomic E-state index is 11.9. The molecule has 1 saturated heterocycles. The van der Waals surface area contributed by atoms with E-state index in [0.717, 1.165) is 25.9 Å². The second kappa shape index (κ2) is 5.93. The fourth-order valence-corrected chi connectivity index (χ4v) is 3.11. The van der Waals surface area contributed by atoms with Crippen molar-refractivity contribution in [2.45, 2.75) is 38.1 Å². The van der Waals surface area contributed by atoms with Crippen LogP contribution in [0.3, 0.4) is 0 Å². The van der Waals surface area contributed by atoms with Crippen LogP contribution >= 0.6 is 11.6 Å². The second-order valence-electron chi connectivity index (χ2n) is 5.26. The van der Waals surface area contributed by atoms with Crippen molar-refractivity contribution in [1.82, 2.24) is 4.90 Å². The molecule has 3 nitrogen and oxygen atoms in total. The fraction of sp³-hybridized carbons (Fsp3) is 0.533. The van der Waals surface area contributed by atoms with Crippen LogP contribution in [0.15, 0.2) is 24.3 Å². The lowest BCUT2D eigenvalue weighted by Gasteiger charge is -2.38. The zero-order valence-electron chi connectivity index (χ0n) is 11.2. The number of aliphatic carboxylic acids is 1. The molecule has 1 heterocycles. The first-order valence-electron chi connectivity index (χ1n) is 6.80. The van der Waals surface area contributed by atoms with Crippen LogP contribution in [0.25, 0.3) is 0 Å². The highest BCUT2D eigenvalue weighted by Crippen LogP contribution is 2.35. The van der Waals surface area contributed by atoms with Crippen LogP contribution in [0.1, 0.15) is 38.2 Å². The maximum Gasteiger partial charge on any atom is 0.328 e. The highest BCUT2D eigenvalue weighted by Gasteiger charge is 2.42. The number of carboxylic acids is 1. The standard InChI is InChI=1S/C15H20ClNO2/c1-15(14(18)19,12-8-4-5-9-13(12)16)17-10-6-2-3-7-11-17/h4-5,8-9H,2-3,6-7,10-11H2,1H3,(H,18,19). The molecule has 1 atom stereocenters. The van der Waals surface area contributed by atoms with Crippen LogP contribution in [0.4, 0.5) is 0 Å². The molecule has 0 radical (unpaired) electrons. The van der Waals surface area contributed by atoms with Gasteiger partial charge in [-0.25, -0.2) is 4.79 Å². The summed E-state index contributed by atoms with van der Waals surface area (Å²) in [6.45, 7) is 3.39. The molecule has 1 aliphatic heterocycles. The number of likely N-dealkylation sites (tertiary alicyclic amines) is 1. The zero-order chi connectivity index (χ0) is 13.9. The largest absolute Gasteiger partial charge is 0.480 e. The highest BCUT2D eigenvalue weighted by molar-refractivity contribution is 6.31. The second-order valence-corrected chi connectivity index (χ2v) is 5.67. The van der Waals surface area contributed by atoms with Crippen LogP contribution in [0, 0.1) is 0 Å². The van der Waals surface area contributed by atoms with E-state index in [4.69, 9.17) is 11.6 Å². The van der Waals surface area contributed by atoms with Gasteiger partial charge in [-0.2, -0.15) is 0 Å². The summed E-state index contributed by atoms with van der Waals surface area (Å²) in [7, 11) is 0. The van der Waals surface area contributed by atoms with Gasteiger partial charge in [-0.05, 0) is 38.9 Å². The van der Waals surface area contributed by atoms with E-state index in [-0.39, 0.29) is 0 Å². The van der Waals surface area contributed by atoms with Crippen molar-refractivity contribution < 1.29 is 9.90 Å². The number of hydrogen-bond donors (Lipinski definition) is 1. The van der Waals surface area contributed by atoms with Crippen molar-refractivity contribution in [1.29, 1.82) is 0 Å². The average molecular weight is 282 g/mol. The third-order valence-corrected chi connectivity index (χ3v) is 4.38. The number of carboxylic acid groups (broad SMARTS) is 1. The van der Waals surface area contributed by atoms with Crippen LogP contribution in [-0.2, 0) is 10.3 Å². The van der Waals surface area contributed by atoms with E-state index in [1.165, 1.54) is 12.8 Å². The number of hydrogen-bond acceptors (Lipinski definition) is 2. The van der Waals surface area contributed by atoms with E-state index >= 15 is 0 Å². The zero-order valence-corrected chi connectivity index (χ0v) is 12.0. The molecule has 1 unspecified atom stereocenters. The lowest BCUT2D eigenvalue weighted by Crippen LogP contribution is -2.50. The summed E-state index contributed by atoms with van der Waals surface area (Å²) in [4.78, 5) is 13.9. The molecule has 2 rings (SSSR count). The smallest absolute Gasteiger partial charge is 0.328 e. The Morgan fingerprint density at radius 3 is 2.32 bits per heavy atom. The monoisotopic (exact) mass is 281 g/mol. The molecule has 19 heavy (non-hydrogen) atoms.